The molecule has 0 aliphatic heterocycles. The van der Waals surface area contributed by atoms with Crippen molar-refractivity contribution >= 4 is 44.6 Å². The van der Waals surface area contributed by atoms with E-state index in [9.17, 15) is 13.2 Å². The minimum atomic E-state index is -3.78. The number of hydrogen-bond donors (Lipinski definition) is 3. The molecule has 0 saturated carbocycles. The fourth-order valence-corrected chi connectivity index (χ4v) is 4.36. The van der Waals surface area contributed by atoms with Crippen molar-refractivity contribution < 1.29 is 22.7 Å². The second kappa shape index (κ2) is 12.9. The molecule has 0 unspecified atom stereocenters. The molecule has 0 aliphatic carbocycles. The fraction of sp³-hybridized carbons (Fsp3) is 0.231. The Bertz CT molecular complexity index is 1260. The van der Waals surface area contributed by atoms with E-state index in [1.54, 1.807) is 60.7 Å². The largest absolute Gasteiger partial charge is 0.494 e. The van der Waals surface area contributed by atoms with E-state index in [4.69, 9.17) is 21.7 Å². The molecule has 3 aromatic carbocycles. The first-order valence-electron chi connectivity index (χ1n) is 11.5. The maximum atomic E-state index is 12.7. The van der Waals surface area contributed by atoms with Crippen LogP contribution in [0.15, 0.2) is 77.7 Å². The topological polar surface area (TPSA) is 106 Å². The fourth-order valence-electron chi connectivity index (χ4n) is 3.09. The Morgan fingerprint density at radius 3 is 2.03 bits per heavy atom. The van der Waals surface area contributed by atoms with Crippen LogP contribution in [0.2, 0.25) is 0 Å². The SMILES string of the molecule is CCCCOc1ccc(C(=O)NC(=S)Nc2ccc(S(=O)(=O)Nc3ccc(OCC)cc3)cc2)cc1. The molecule has 1 amide bonds. The van der Waals surface area contributed by atoms with Gasteiger partial charge < -0.3 is 14.8 Å². The average Bonchev–Trinajstić information content (AvgIpc) is 2.86. The zero-order chi connectivity index (χ0) is 26.0. The van der Waals surface area contributed by atoms with E-state index in [1.807, 2.05) is 6.92 Å². The Labute approximate surface area is 217 Å². The molecule has 10 heteroatoms. The normalized spacial score (nSPS) is 10.8. The Balaban J connectivity index is 1.54. The second-order valence-electron chi connectivity index (χ2n) is 7.72. The first-order valence-corrected chi connectivity index (χ1v) is 13.4. The molecule has 0 atom stereocenters. The summed E-state index contributed by atoms with van der Waals surface area (Å²) in [5, 5.41) is 5.58. The van der Waals surface area contributed by atoms with Crippen LogP contribution in [0.4, 0.5) is 11.4 Å². The molecule has 0 spiro atoms. The van der Waals surface area contributed by atoms with E-state index >= 15 is 0 Å². The van der Waals surface area contributed by atoms with Crippen molar-refractivity contribution in [2.24, 2.45) is 0 Å². The molecule has 8 nitrogen and oxygen atoms in total. The number of ether oxygens (including phenoxy) is 2. The van der Waals surface area contributed by atoms with E-state index in [2.05, 4.69) is 22.3 Å². The summed E-state index contributed by atoms with van der Waals surface area (Å²) in [6.07, 6.45) is 2.01. The first-order chi connectivity index (χ1) is 17.3. The lowest BCUT2D eigenvalue weighted by Crippen LogP contribution is -2.34. The maximum Gasteiger partial charge on any atom is 0.261 e. The molecule has 0 heterocycles. The maximum absolute atomic E-state index is 12.7. The van der Waals surface area contributed by atoms with E-state index in [0.29, 0.717) is 41.7 Å². The Morgan fingerprint density at radius 2 is 1.42 bits per heavy atom. The average molecular weight is 528 g/mol. The van der Waals surface area contributed by atoms with Crippen LogP contribution in [0, 0.1) is 0 Å². The highest BCUT2D eigenvalue weighted by Gasteiger charge is 2.15. The highest BCUT2D eigenvalue weighted by Crippen LogP contribution is 2.21. The van der Waals surface area contributed by atoms with Crippen molar-refractivity contribution in [1.82, 2.24) is 5.32 Å². The molecular formula is C26H29N3O5S2. The van der Waals surface area contributed by atoms with Crippen molar-refractivity contribution in [2.75, 3.05) is 23.3 Å². The zero-order valence-corrected chi connectivity index (χ0v) is 21.7. The Kier molecular flexibility index (Phi) is 9.66. The minimum absolute atomic E-state index is 0.0816. The lowest BCUT2D eigenvalue weighted by molar-refractivity contribution is 0.0977. The number of amides is 1. The Morgan fingerprint density at radius 1 is 0.833 bits per heavy atom. The van der Waals surface area contributed by atoms with Gasteiger partial charge in [0.05, 0.1) is 18.1 Å². The van der Waals surface area contributed by atoms with Gasteiger partial charge >= 0.3 is 0 Å². The molecule has 190 valence electrons. The molecule has 3 rings (SSSR count). The van der Waals surface area contributed by atoms with Gasteiger partial charge in [-0.2, -0.15) is 0 Å². The lowest BCUT2D eigenvalue weighted by atomic mass is 10.2. The number of rotatable bonds is 11. The number of anilines is 2. The number of nitrogens with one attached hydrogen (secondary N) is 3. The highest BCUT2D eigenvalue weighted by molar-refractivity contribution is 7.92. The van der Waals surface area contributed by atoms with E-state index in [-0.39, 0.29) is 15.9 Å². The molecule has 0 fully saturated rings. The van der Waals surface area contributed by atoms with Gasteiger partial charge in [0.15, 0.2) is 5.11 Å². The third kappa shape index (κ3) is 7.96. The number of sulfonamides is 1. The van der Waals surface area contributed by atoms with Crippen molar-refractivity contribution in [3.63, 3.8) is 0 Å². The molecule has 0 aromatic heterocycles. The van der Waals surface area contributed by atoms with Gasteiger partial charge in [-0.25, -0.2) is 8.42 Å². The van der Waals surface area contributed by atoms with Gasteiger partial charge in [-0.15, -0.1) is 0 Å². The molecule has 3 N–H and O–H groups in total. The van der Waals surface area contributed by atoms with Crippen LogP contribution in [0.25, 0.3) is 0 Å². The summed E-state index contributed by atoms with van der Waals surface area (Å²) in [6, 6.07) is 19.5. The van der Waals surface area contributed by atoms with Gasteiger partial charge in [0.2, 0.25) is 0 Å². The molecule has 3 aromatic rings. The third-order valence-corrected chi connectivity index (χ3v) is 6.55. The van der Waals surface area contributed by atoms with Gasteiger partial charge in [0, 0.05) is 16.9 Å². The van der Waals surface area contributed by atoms with E-state index in [1.165, 1.54) is 12.1 Å². The van der Waals surface area contributed by atoms with Crippen molar-refractivity contribution in [3.05, 3.63) is 78.4 Å². The number of unbranched alkanes of at least 4 members (excludes halogenated alkanes) is 1. The standard InChI is InChI=1S/C26H29N3O5S2/c1-3-5-18-34-23-12-6-19(7-13-23)25(30)28-26(35)27-20-10-16-24(17-11-20)36(31,32)29-21-8-14-22(15-9-21)33-4-2/h6-17,29H,3-5,18H2,1-2H3,(H2,27,28,30,35). The molecule has 0 saturated heterocycles. The van der Waals surface area contributed by atoms with Crippen LogP contribution in [-0.2, 0) is 10.0 Å². The number of benzene rings is 3. The summed E-state index contributed by atoms with van der Waals surface area (Å²) in [5.41, 5.74) is 1.38. The summed E-state index contributed by atoms with van der Waals surface area (Å²) in [7, 11) is -3.78. The predicted molar refractivity (Wildman–Crippen MR) is 145 cm³/mol. The second-order valence-corrected chi connectivity index (χ2v) is 9.81. The van der Waals surface area contributed by atoms with Crippen LogP contribution < -0.4 is 24.8 Å². The number of hydrogen-bond acceptors (Lipinski definition) is 6. The molecular weight excluding hydrogens is 498 g/mol. The first kappa shape index (κ1) is 27.0. The van der Waals surface area contributed by atoms with E-state index < -0.39 is 10.0 Å². The van der Waals surface area contributed by atoms with Gasteiger partial charge in [-0.3, -0.25) is 14.8 Å². The lowest BCUT2D eigenvalue weighted by Gasteiger charge is -2.12. The van der Waals surface area contributed by atoms with Crippen molar-refractivity contribution in [1.29, 1.82) is 0 Å². The summed E-state index contributed by atoms with van der Waals surface area (Å²) in [5.74, 6) is 0.992. The van der Waals surface area contributed by atoms with Crippen LogP contribution in [-0.4, -0.2) is 32.7 Å². The van der Waals surface area contributed by atoms with Crippen LogP contribution in [0.3, 0.4) is 0 Å². The van der Waals surface area contributed by atoms with Gasteiger partial charge in [0.25, 0.3) is 15.9 Å². The van der Waals surface area contributed by atoms with Crippen molar-refractivity contribution in [2.45, 2.75) is 31.6 Å². The zero-order valence-electron chi connectivity index (χ0n) is 20.1. The molecule has 0 aliphatic rings. The molecule has 0 bridgehead atoms. The highest BCUT2D eigenvalue weighted by atomic mass is 32.2. The van der Waals surface area contributed by atoms with Gasteiger partial charge in [0.1, 0.15) is 11.5 Å². The monoisotopic (exact) mass is 527 g/mol. The van der Waals surface area contributed by atoms with Crippen LogP contribution >= 0.6 is 12.2 Å². The van der Waals surface area contributed by atoms with Crippen LogP contribution in [0.5, 0.6) is 11.5 Å². The quantitative estimate of drug-likeness (QED) is 0.233. The number of carbonyl (C=O) groups is 1. The van der Waals surface area contributed by atoms with Crippen LogP contribution in [0.1, 0.15) is 37.0 Å². The molecule has 0 radical (unpaired) electrons. The summed E-state index contributed by atoms with van der Waals surface area (Å²) >= 11 is 5.22. The number of thiocarbonyl (C=S) groups is 1. The van der Waals surface area contributed by atoms with Crippen molar-refractivity contribution in [3.8, 4) is 11.5 Å². The molecule has 36 heavy (non-hydrogen) atoms. The van der Waals surface area contributed by atoms with Gasteiger partial charge in [-0.1, -0.05) is 13.3 Å². The third-order valence-electron chi connectivity index (χ3n) is 4.95. The smallest absolute Gasteiger partial charge is 0.261 e. The Hall–Kier alpha value is -3.63. The predicted octanol–water partition coefficient (Wildman–Crippen LogP) is 5.19. The summed E-state index contributed by atoms with van der Waals surface area (Å²) in [6.45, 7) is 5.12. The van der Waals surface area contributed by atoms with Gasteiger partial charge in [-0.05, 0) is 98.4 Å². The summed E-state index contributed by atoms with van der Waals surface area (Å²) in [4.78, 5) is 12.5. The van der Waals surface area contributed by atoms with E-state index in [0.717, 1.165) is 12.8 Å². The number of carbonyl (C=O) groups excluding carboxylic acids is 1. The minimum Gasteiger partial charge on any atom is -0.494 e. The summed E-state index contributed by atoms with van der Waals surface area (Å²) < 4.78 is 38.9.